The molecule has 146 valence electrons. The van der Waals surface area contributed by atoms with Crippen molar-refractivity contribution < 1.29 is 13.5 Å². The van der Waals surface area contributed by atoms with Gasteiger partial charge in [0.15, 0.2) is 9.84 Å². The number of hydrogen-bond acceptors (Lipinski definition) is 4. The summed E-state index contributed by atoms with van der Waals surface area (Å²) in [5, 5.41) is 11.5. The number of halogens is 2. The van der Waals surface area contributed by atoms with E-state index in [1.807, 2.05) is 12.1 Å². The van der Waals surface area contributed by atoms with Gasteiger partial charge in [0.05, 0.1) is 27.1 Å². The summed E-state index contributed by atoms with van der Waals surface area (Å²) >= 11 is 12.0. The molecule has 0 bridgehead atoms. The highest BCUT2D eigenvalue weighted by Gasteiger charge is 2.20. The van der Waals surface area contributed by atoms with E-state index in [0.29, 0.717) is 21.2 Å². The lowest BCUT2D eigenvalue weighted by Gasteiger charge is -2.21. The fourth-order valence-corrected chi connectivity index (χ4v) is 3.89. The molecule has 0 aliphatic rings. The van der Waals surface area contributed by atoms with Crippen LogP contribution in [0.5, 0.6) is 0 Å². The van der Waals surface area contributed by atoms with Crippen LogP contribution in [0, 0.1) is 0 Å². The first-order chi connectivity index (χ1) is 13.2. The monoisotopic (exact) mass is 435 g/mol. The molecule has 0 saturated carbocycles. The maximum atomic E-state index is 11.8. The third kappa shape index (κ3) is 4.57. The molecule has 3 aromatic carbocycles. The second kappa shape index (κ2) is 8.23. The van der Waals surface area contributed by atoms with Gasteiger partial charge in [0.2, 0.25) is 0 Å². The van der Waals surface area contributed by atoms with Gasteiger partial charge in [-0.1, -0.05) is 59.6 Å². The molecule has 0 amide bonds. The van der Waals surface area contributed by atoms with Crippen LogP contribution in [-0.2, 0) is 9.84 Å². The van der Waals surface area contributed by atoms with Gasteiger partial charge in [-0.05, 0) is 52.6 Å². The number of benzene rings is 3. The first-order valence-electron chi connectivity index (χ1n) is 8.46. The van der Waals surface area contributed by atoms with Gasteiger partial charge in [-0.2, -0.15) is 0 Å². The van der Waals surface area contributed by atoms with E-state index in [-0.39, 0.29) is 4.90 Å². The van der Waals surface area contributed by atoms with E-state index in [1.54, 1.807) is 54.6 Å². The van der Waals surface area contributed by atoms with Gasteiger partial charge < -0.3 is 10.8 Å². The van der Waals surface area contributed by atoms with Crippen LogP contribution in [0.15, 0.2) is 71.6 Å². The van der Waals surface area contributed by atoms with Gasteiger partial charge in [0.25, 0.3) is 0 Å². The van der Waals surface area contributed by atoms with E-state index in [9.17, 15) is 13.5 Å². The number of nitrogens with two attached hydrogens (primary N) is 1. The largest absolute Gasteiger partial charge is 0.386 e. The van der Waals surface area contributed by atoms with Crippen LogP contribution in [-0.4, -0.2) is 19.8 Å². The molecule has 0 unspecified atom stereocenters. The van der Waals surface area contributed by atoms with Gasteiger partial charge in [-0.3, -0.25) is 0 Å². The molecule has 7 heteroatoms. The summed E-state index contributed by atoms with van der Waals surface area (Å²) in [4.78, 5) is 0.239. The smallest absolute Gasteiger partial charge is 0.175 e. The Balaban J connectivity index is 1.93. The summed E-state index contributed by atoms with van der Waals surface area (Å²) in [6.07, 6.45) is 0.193. The van der Waals surface area contributed by atoms with Crippen molar-refractivity contribution >= 4 is 33.0 Å². The van der Waals surface area contributed by atoms with Gasteiger partial charge in [0, 0.05) is 6.26 Å². The predicted octanol–water partition coefficient (Wildman–Crippen LogP) is 4.80. The highest BCUT2D eigenvalue weighted by Crippen LogP contribution is 2.33. The summed E-state index contributed by atoms with van der Waals surface area (Å²) in [5.74, 6) is 0. The van der Waals surface area contributed by atoms with Gasteiger partial charge in [-0.15, -0.1) is 0 Å². The van der Waals surface area contributed by atoms with Crippen LogP contribution < -0.4 is 5.73 Å². The lowest BCUT2D eigenvalue weighted by atomic mass is 9.94. The van der Waals surface area contributed by atoms with Gasteiger partial charge >= 0.3 is 0 Å². The Morgan fingerprint density at radius 3 is 2.14 bits per heavy atom. The van der Waals surface area contributed by atoms with Crippen LogP contribution >= 0.6 is 23.2 Å². The first-order valence-corrected chi connectivity index (χ1v) is 11.1. The average Bonchev–Trinajstić information content (AvgIpc) is 2.68. The number of hydrogen-bond donors (Lipinski definition) is 2. The molecule has 28 heavy (non-hydrogen) atoms. The second-order valence-electron chi connectivity index (χ2n) is 6.57. The number of sulfone groups is 1. The van der Waals surface area contributed by atoms with Crippen LogP contribution in [0.1, 0.15) is 23.3 Å². The molecule has 3 N–H and O–H groups in total. The quantitative estimate of drug-likeness (QED) is 0.602. The van der Waals surface area contributed by atoms with Crippen molar-refractivity contribution in [1.82, 2.24) is 0 Å². The maximum Gasteiger partial charge on any atom is 0.175 e. The van der Waals surface area contributed by atoms with E-state index >= 15 is 0 Å². The van der Waals surface area contributed by atoms with E-state index in [0.717, 1.165) is 11.1 Å². The normalized spacial score (nSPS) is 13.9. The summed E-state index contributed by atoms with van der Waals surface area (Å²) in [7, 11) is -3.31. The Labute approximate surface area is 174 Å². The van der Waals surface area contributed by atoms with E-state index < -0.39 is 22.0 Å². The lowest BCUT2D eigenvalue weighted by molar-refractivity contribution is 0.147. The fraction of sp³-hybridized carbons (Fsp3) is 0.143. The summed E-state index contributed by atoms with van der Waals surface area (Å²) in [6.45, 7) is 0. The summed E-state index contributed by atoms with van der Waals surface area (Å²) < 4.78 is 23.6. The van der Waals surface area contributed by atoms with Crippen molar-refractivity contribution in [3.63, 3.8) is 0 Å². The predicted molar refractivity (Wildman–Crippen MR) is 113 cm³/mol. The Morgan fingerprint density at radius 1 is 0.857 bits per heavy atom. The standard InChI is InChI=1S/C21H19Cl2NO3S/c1-28(26,27)17-7-3-5-14(11-17)13-4-2-6-16(10-13)21(25)20(24)15-8-9-18(22)19(23)12-15/h2-12,20-21,25H,24H2,1H3/t20-,21+/m1/s1. The molecule has 0 heterocycles. The molecule has 0 aliphatic carbocycles. The topological polar surface area (TPSA) is 80.4 Å². The fourth-order valence-electron chi connectivity index (χ4n) is 2.92. The highest BCUT2D eigenvalue weighted by molar-refractivity contribution is 7.90. The zero-order valence-electron chi connectivity index (χ0n) is 15.0. The molecule has 2 atom stereocenters. The SMILES string of the molecule is CS(=O)(=O)c1cccc(-c2cccc([C@H](O)[C@H](N)c3ccc(Cl)c(Cl)c3)c2)c1. The summed E-state index contributed by atoms with van der Waals surface area (Å²) in [5.41, 5.74) is 9.02. The Hall–Kier alpha value is -1.89. The number of aliphatic hydroxyl groups excluding tert-OH is 1. The van der Waals surface area contributed by atoms with Crippen molar-refractivity contribution in [1.29, 1.82) is 0 Å². The Kier molecular flexibility index (Phi) is 6.12. The van der Waals surface area contributed by atoms with E-state index in [2.05, 4.69) is 0 Å². The molecule has 0 aromatic heterocycles. The third-order valence-corrected chi connectivity index (χ3v) is 6.34. The zero-order valence-corrected chi connectivity index (χ0v) is 17.3. The molecule has 3 aromatic rings. The molecule has 0 saturated heterocycles. The summed E-state index contributed by atoms with van der Waals surface area (Å²) in [6, 6.07) is 18.2. The minimum Gasteiger partial charge on any atom is -0.386 e. The van der Waals surface area contributed by atoms with E-state index in [1.165, 1.54) is 6.26 Å². The first kappa shape index (κ1) is 20.8. The molecule has 0 spiro atoms. The van der Waals surface area contributed by atoms with Gasteiger partial charge in [0.1, 0.15) is 0 Å². The molecular formula is C21H19Cl2NO3S. The van der Waals surface area contributed by atoms with E-state index in [4.69, 9.17) is 28.9 Å². The zero-order chi connectivity index (χ0) is 20.5. The third-order valence-electron chi connectivity index (χ3n) is 4.49. The highest BCUT2D eigenvalue weighted by atomic mass is 35.5. The molecule has 0 aliphatic heterocycles. The van der Waals surface area contributed by atoms with Crippen molar-refractivity contribution in [2.75, 3.05) is 6.26 Å². The van der Waals surface area contributed by atoms with Crippen LogP contribution in [0.25, 0.3) is 11.1 Å². The van der Waals surface area contributed by atoms with Crippen molar-refractivity contribution in [2.24, 2.45) is 5.73 Å². The second-order valence-corrected chi connectivity index (χ2v) is 9.40. The minimum atomic E-state index is -3.31. The molecule has 0 radical (unpaired) electrons. The van der Waals surface area contributed by atoms with Gasteiger partial charge in [-0.25, -0.2) is 8.42 Å². The van der Waals surface area contributed by atoms with Crippen LogP contribution in [0.2, 0.25) is 10.0 Å². The van der Waals surface area contributed by atoms with Crippen molar-refractivity contribution in [3.05, 3.63) is 87.9 Å². The molecular weight excluding hydrogens is 417 g/mol. The molecule has 0 fully saturated rings. The molecule has 3 rings (SSSR count). The number of aliphatic hydroxyl groups is 1. The van der Waals surface area contributed by atoms with Crippen molar-refractivity contribution in [2.45, 2.75) is 17.0 Å². The lowest BCUT2D eigenvalue weighted by Crippen LogP contribution is -2.19. The number of rotatable bonds is 5. The van der Waals surface area contributed by atoms with Crippen LogP contribution in [0.3, 0.4) is 0 Å². The van der Waals surface area contributed by atoms with Crippen LogP contribution in [0.4, 0.5) is 0 Å². The Morgan fingerprint density at radius 2 is 1.50 bits per heavy atom. The maximum absolute atomic E-state index is 11.8. The Bertz CT molecular complexity index is 1120. The minimum absolute atomic E-state index is 0.239. The van der Waals surface area contributed by atoms with Crippen molar-refractivity contribution in [3.8, 4) is 11.1 Å². The average molecular weight is 436 g/mol. The molecule has 4 nitrogen and oxygen atoms in total.